The fourth-order valence-electron chi connectivity index (χ4n) is 1.40. The Labute approximate surface area is 120 Å². The highest BCUT2D eigenvalue weighted by Gasteiger charge is 2.23. The highest BCUT2D eigenvalue weighted by molar-refractivity contribution is 7.94. The number of thiocarbonyl (C=S) groups is 1. The zero-order valence-corrected chi connectivity index (χ0v) is 12.4. The number of rotatable bonds is 4. The Morgan fingerprint density at radius 3 is 2.68 bits per heavy atom. The zero-order chi connectivity index (χ0) is 14.0. The van der Waals surface area contributed by atoms with Crippen LogP contribution in [0.4, 0.5) is 5.69 Å². The van der Waals surface area contributed by atoms with Gasteiger partial charge in [-0.2, -0.15) is 0 Å². The second kappa shape index (κ2) is 5.24. The van der Waals surface area contributed by atoms with Crippen LogP contribution in [0.15, 0.2) is 40.9 Å². The lowest BCUT2D eigenvalue weighted by Crippen LogP contribution is -2.25. The maximum Gasteiger partial charge on any atom is 0.273 e. The molecule has 2 rings (SSSR count). The van der Waals surface area contributed by atoms with Gasteiger partial charge in [0.25, 0.3) is 10.0 Å². The first-order valence-electron chi connectivity index (χ1n) is 5.21. The quantitative estimate of drug-likeness (QED) is 0.868. The summed E-state index contributed by atoms with van der Waals surface area (Å²) < 4.78 is 26.2. The van der Waals surface area contributed by atoms with Crippen molar-refractivity contribution in [3.05, 3.63) is 41.5 Å². The van der Waals surface area contributed by atoms with Crippen molar-refractivity contribution in [1.82, 2.24) is 4.98 Å². The molecule has 0 aliphatic carbocycles. The van der Waals surface area contributed by atoms with Gasteiger partial charge in [0, 0.05) is 13.2 Å². The van der Waals surface area contributed by atoms with Crippen LogP contribution >= 0.6 is 23.6 Å². The van der Waals surface area contributed by atoms with Gasteiger partial charge in [0.2, 0.25) is 0 Å². The lowest BCUT2D eigenvalue weighted by Gasteiger charge is -2.17. The van der Waals surface area contributed by atoms with E-state index in [0.29, 0.717) is 10.6 Å². The number of thiophene rings is 1. The van der Waals surface area contributed by atoms with Crippen molar-refractivity contribution >= 4 is 44.3 Å². The van der Waals surface area contributed by atoms with Gasteiger partial charge < -0.3 is 5.73 Å². The third-order valence-corrected chi connectivity index (χ3v) is 6.17. The summed E-state index contributed by atoms with van der Waals surface area (Å²) in [5.74, 6) is 0. The zero-order valence-electron chi connectivity index (χ0n) is 9.98. The second-order valence-electron chi connectivity index (χ2n) is 3.67. The Balaban J connectivity index is 2.39. The van der Waals surface area contributed by atoms with Crippen molar-refractivity contribution in [3.63, 3.8) is 0 Å². The van der Waals surface area contributed by atoms with Gasteiger partial charge in [0.15, 0.2) is 0 Å². The molecule has 0 atom stereocenters. The van der Waals surface area contributed by atoms with Gasteiger partial charge in [0.1, 0.15) is 9.20 Å². The molecule has 2 heterocycles. The number of nitrogens with zero attached hydrogens (tertiary/aromatic N) is 2. The Morgan fingerprint density at radius 1 is 1.42 bits per heavy atom. The fraction of sp³-hybridized carbons (Fsp3) is 0.0909. The Bertz CT molecular complexity index is 695. The van der Waals surface area contributed by atoms with E-state index in [1.54, 1.807) is 24.4 Å². The fourth-order valence-corrected chi connectivity index (χ4v) is 4.11. The highest BCUT2D eigenvalue weighted by Crippen LogP contribution is 2.27. The SMILES string of the molecule is CN(c1cccnc1)S(=O)(=O)c1ccc(C(N)=S)s1. The van der Waals surface area contributed by atoms with Crippen LogP contribution in [0.2, 0.25) is 0 Å². The molecule has 0 saturated carbocycles. The molecule has 8 heteroatoms. The second-order valence-corrected chi connectivity index (χ2v) is 7.39. The van der Waals surface area contributed by atoms with Crippen LogP contribution in [0.5, 0.6) is 0 Å². The molecule has 5 nitrogen and oxygen atoms in total. The number of aromatic nitrogens is 1. The van der Waals surface area contributed by atoms with Crippen LogP contribution in [-0.2, 0) is 10.0 Å². The molecule has 0 aliphatic heterocycles. The molecule has 2 aromatic rings. The molecule has 2 aromatic heterocycles. The molecule has 0 unspecified atom stereocenters. The topological polar surface area (TPSA) is 76.3 Å². The largest absolute Gasteiger partial charge is 0.389 e. The standard InChI is InChI=1S/C11H11N3O2S3/c1-14(8-3-2-6-13-7-8)19(15,16)10-5-4-9(18-10)11(12)17/h2-7H,1H3,(H2,12,17). The number of pyridine rings is 1. The molecule has 0 amide bonds. The molecular formula is C11H11N3O2S3. The smallest absolute Gasteiger partial charge is 0.273 e. The van der Waals surface area contributed by atoms with Gasteiger partial charge in [-0.15, -0.1) is 11.3 Å². The first kappa shape index (κ1) is 13.9. The number of anilines is 1. The number of sulfonamides is 1. The van der Waals surface area contributed by atoms with Crippen LogP contribution in [0.1, 0.15) is 4.88 Å². The number of hydrogen-bond acceptors (Lipinski definition) is 5. The van der Waals surface area contributed by atoms with Crippen molar-refractivity contribution in [1.29, 1.82) is 0 Å². The highest BCUT2D eigenvalue weighted by atomic mass is 32.2. The van der Waals surface area contributed by atoms with E-state index < -0.39 is 10.0 Å². The lowest BCUT2D eigenvalue weighted by molar-refractivity contribution is 0.596. The van der Waals surface area contributed by atoms with Crippen molar-refractivity contribution < 1.29 is 8.42 Å². The number of hydrogen-bond donors (Lipinski definition) is 1. The van der Waals surface area contributed by atoms with Crippen LogP contribution in [-0.4, -0.2) is 25.4 Å². The normalized spacial score (nSPS) is 11.2. The maximum absolute atomic E-state index is 12.4. The minimum absolute atomic E-state index is 0.190. The van der Waals surface area contributed by atoms with E-state index >= 15 is 0 Å². The van der Waals surface area contributed by atoms with Crippen molar-refractivity contribution in [2.45, 2.75) is 4.21 Å². The summed E-state index contributed by atoms with van der Waals surface area (Å²) >= 11 is 5.88. The third kappa shape index (κ3) is 2.75. The minimum atomic E-state index is -3.61. The average molecular weight is 313 g/mol. The van der Waals surface area contributed by atoms with Gasteiger partial charge in [-0.1, -0.05) is 12.2 Å². The molecule has 0 bridgehead atoms. The third-order valence-electron chi connectivity index (χ3n) is 2.45. The Morgan fingerprint density at radius 2 is 2.16 bits per heavy atom. The van der Waals surface area contributed by atoms with E-state index in [0.717, 1.165) is 11.3 Å². The molecule has 0 aliphatic rings. The summed E-state index contributed by atoms with van der Waals surface area (Å²) in [6, 6.07) is 6.46. The van der Waals surface area contributed by atoms with E-state index in [-0.39, 0.29) is 9.20 Å². The summed E-state index contributed by atoms with van der Waals surface area (Å²) in [7, 11) is -2.13. The molecule has 2 N–H and O–H groups in total. The van der Waals surface area contributed by atoms with E-state index in [4.69, 9.17) is 18.0 Å². The van der Waals surface area contributed by atoms with Crippen LogP contribution < -0.4 is 10.0 Å². The summed E-state index contributed by atoms with van der Waals surface area (Å²) in [4.78, 5) is 4.67. The predicted molar refractivity (Wildman–Crippen MR) is 80.0 cm³/mol. The van der Waals surface area contributed by atoms with Crippen molar-refractivity contribution in [2.24, 2.45) is 5.73 Å². The molecule has 0 aromatic carbocycles. The summed E-state index contributed by atoms with van der Waals surface area (Å²) in [6.45, 7) is 0. The first-order valence-corrected chi connectivity index (χ1v) is 7.88. The van der Waals surface area contributed by atoms with Gasteiger partial charge in [-0.05, 0) is 24.3 Å². The van der Waals surface area contributed by atoms with Crippen LogP contribution in [0.25, 0.3) is 0 Å². The molecule has 19 heavy (non-hydrogen) atoms. The molecular weight excluding hydrogens is 302 g/mol. The molecule has 0 spiro atoms. The number of nitrogens with two attached hydrogens (primary N) is 1. The van der Waals surface area contributed by atoms with E-state index in [9.17, 15) is 8.42 Å². The van der Waals surface area contributed by atoms with E-state index in [1.807, 2.05) is 0 Å². The summed E-state index contributed by atoms with van der Waals surface area (Å²) in [5, 5.41) is 0. The molecule has 100 valence electrons. The van der Waals surface area contributed by atoms with Crippen molar-refractivity contribution in [3.8, 4) is 0 Å². The van der Waals surface area contributed by atoms with Gasteiger partial charge >= 0.3 is 0 Å². The van der Waals surface area contributed by atoms with Gasteiger partial charge in [-0.25, -0.2) is 8.42 Å². The minimum Gasteiger partial charge on any atom is -0.389 e. The monoisotopic (exact) mass is 313 g/mol. The lowest BCUT2D eigenvalue weighted by atomic mass is 10.4. The Kier molecular flexibility index (Phi) is 3.83. The molecule has 0 saturated heterocycles. The molecule has 0 fully saturated rings. The predicted octanol–water partition coefficient (Wildman–Crippen LogP) is 1.60. The van der Waals surface area contributed by atoms with Crippen molar-refractivity contribution in [2.75, 3.05) is 11.4 Å². The average Bonchev–Trinajstić information content (AvgIpc) is 2.89. The van der Waals surface area contributed by atoms with Gasteiger partial charge in [-0.3, -0.25) is 9.29 Å². The molecule has 0 radical (unpaired) electrons. The van der Waals surface area contributed by atoms with E-state index in [2.05, 4.69) is 4.98 Å². The Hall–Kier alpha value is -1.51. The first-order chi connectivity index (χ1) is 8.93. The summed E-state index contributed by atoms with van der Waals surface area (Å²) in [5.41, 5.74) is 5.97. The van der Waals surface area contributed by atoms with Gasteiger partial charge in [0.05, 0.1) is 16.8 Å². The van der Waals surface area contributed by atoms with Crippen LogP contribution in [0, 0.1) is 0 Å². The summed E-state index contributed by atoms with van der Waals surface area (Å²) in [6.07, 6.45) is 3.07. The van der Waals surface area contributed by atoms with E-state index in [1.165, 1.54) is 23.6 Å². The van der Waals surface area contributed by atoms with Crippen LogP contribution in [0.3, 0.4) is 0 Å². The maximum atomic E-state index is 12.4.